The minimum atomic E-state index is -3.31. The SMILES string of the molecule is CCS(=O)(=O)c1c[c]c(Cl)cc1-c1cccc(Br)c1. The first-order valence-corrected chi connectivity index (χ1v) is 8.46. The molecule has 0 heterocycles. The van der Waals surface area contributed by atoms with Crippen molar-refractivity contribution in [1.82, 2.24) is 0 Å². The summed E-state index contributed by atoms with van der Waals surface area (Å²) in [6.45, 7) is 1.62. The molecule has 1 radical (unpaired) electrons. The molecule has 2 nitrogen and oxygen atoms in total. The molecule has 2 aromatic carbocycles. The van der Waals surface area contributed by atoms with Gasteiger partial charge >= 0.3 is 0 Å². The summed E-state index contributed by atoms with van der Waals surface area (Å²) < 4.78 is 25.1. The van der Waals surface area contributed by atoms with Crippen molar-refractivity contribution in [3.63, 3.8) is 0 Å². The average Bonchev–Trinajstić information content (AvgIpc) is 2.38. The van der Waals surface area contributed by atoms with Gasteiger partial charge in [-0.1, -0.05) is 46.6 Å². The van der Waals surface area contributed by atoms with E-state index in [1.807, 2.05) is 24.3 Å². The highest BCUT2D eigenvalue weighted by molar-refractivity contribution is 9.10. The maximum Gasteiger partial charge on any atom is 0.178 e. The van der Waals surface area contributed by atoms with Crippen LogP contribution in [-0.4, -0.2) is 14.2 Å². The fourth-order valence-corrected chi connectivity index (χ4v) is 3.37. The van der Waals surface area contributed by atoms with Crippen LogP contribution in [0.4, 0.5) is 0 Å². The van der Waals surface area contributed by atoms with Crippen molar-refractivity contribution >= 4 is 37.4 Å². The van der Waals surface area contributed by atoms with Crippen LogP contribution in [0.25, 0.3) is 11.1 Å². The Balaban J connectivity index is 2.72. The van der Waals surface area contributed by atoms with Gasteiger partial charge in [0.2, 0.25) is 0 Å². The van der Waals surface area contributed by atoms with E-state index in [0.29, 0.717) is 10.6 Å². The summed E-state index contributed by atoms with van der Waals surface area (Å²) in [6, 6.07) is 13.3. The van der Waals surface area contributed by atoms with Gasteiger partial charge in [-0.3, -0.25) is 0 Å². The number of sulfone groups is 1. The predicted octanol–water partition coefficient (Wildman–Crippen LogP) is 4.36. The van der Waals surface area contributed by atoms with Crippen LogP contribution in [0.2, 0.25) is 5.02 Å². The molecule has 0 unspecified atom stereocenters. The van der Waals surface area contributed by atoms with Crippen molar-refractivity contribution in [2.24, 2.45) is 0 Å². The largest absolute Gasteiger partial charge is 0.224 e. The van der Waals surface area contributed by atoms with Crippen LogP contribution in [0.3, 0.4) is 0 Å². The Morgan fingerprint density at radius 3 is 2.68 bits per heavy atom. The van der Waals surface area contributed by atoms with Crippen molar-refractivity contribution in [2.75, 3.05) is 5.75 Å². The number of hydrogen-bond donors (Lipinski definition) is 0. The molecule has 0 N–H and O–H groups in total. The molecule has 0 spiro atoms. The zero-order valence-corrected chi connectivity index (χ0v) is 13.3. The second-order valence-electron chi connectivity index (χ2n) is 3.97. The first-order valence-electron chi connectivity index (χ1n) is 5.64. The lowest BCUT2D eigenvalue weighted by atomic mass is 10.1. The van der Waals surface area contributed by atoms with Crippen molar-refractivity contribution in [1.29, 1.82) is 0 Å². The van der Waals surface area contributed by atoms with Gasteiger partial charge in [0, 0.05) is 21.1 Å². The van der Waals surface area contributed by atoms with Gasteiger partial charge in [0.05, 0.1) is 10.6 Å². The molecule has 0 saturated heterocycles. The van der Waals surface area contributed by atoms with Crippen LogP contribution >= 0.6 is 27.5 Å². The van der Waals surface area contributed by atoms with Gasteiger partial charge in [0.1, 0.15) is 0 Å². The third-order valence-electron chi connectivity index (χ3n) is 2.73. The van der Waals surface area contributed by atoms with Crippen LogP contribution in [0, 0.1) is 6.07 Å². The van der Waals surface area contributed by atoms with Gasteiger partial charge in [0.15, 0.2) is 9.84 Å². The number of halogens is 2. The predicted molar refractivity (Wildman–Crippen MR) is 81.2 cm³/mol. The third-order valence-corrected chi connectivity index (χ3v) is 5.21. The van der Waals surface area contributed by atoms with Crippen molar-refractivity contribution < 1.29 is 8.42 Å². The monoisotopic (exact) mass is 357 g/mol. The standard InChI is InChI=1S/C14H11BrClO2S/c1-2-19(17,18)14-7-6-12(16)9-13(14)10-4-3-5-11(15)8-10/h3-5,7-9H,2H2,1H3. The Morgan fingerprint density at radius 2 is 2.05 bits per heavy atom. The molecule has 0 aliphatic heterocycles. The quantitative estimate of drug-likeness (QED) is 0.817. The molecule has 0 atom stereocenters. The average molecular weight is 359 g/mol. The maximum atomic E-state index is 12.1. The smallest absolute Gasteiger partial charge is 0.178 e. The summed E-state index contributed by atoms with van der Waals surface area (Å²) in [5, 5.41) is 0.394. The molecule has 0 aromatic heterocycles. The van der Waals surface area contributed by atoms with E-state index in [1.165, 1.54) is 6.07 Å². The minimum Gasteiger partial charge on any atom is -0.224 e. The van der Waals surface area contributed by atoms with Crippen molar-refractivity contribution in [3.05, 3.63) is 52.0 Å². The number of rotatable bonds is 3. The Bertz CT molecular complexity index is 711. The first kappa shape index (κ1) is 14.6. The second-order valence-corrected chi connectivity index (χ2v) is 7.54. The zero-order chi connectivity index (χ0) is 14.0. The summed E-state index contributed by atoms with van der Waals surface area (Å²) in [5.41, 5.74) is 1.41. The molecule has 0 fully saturated rings. The lowest BCUT2D eigenvalue weighted by Crippen LogP contribution is -2.05. The van der Waals surface area contributed by atoms with Gasteiger partial charge in [-0.2, -0.15) is 0 Å². The van der Waals surface area contributed by atoms with Gasteiger partial charge in [-0.05, 0) is 29.8 Å². The zero-order valence-electron chi connectivity index (χ0n) is 10.2. The molecule has 0 aliphatic rings. The fourth-order valence-electron chi connectivity index (χ4n) is 1.75. The fraction of sp³-hybridized carbons (Fsp3) is 0.143. The van der Waals surface area contributed by atoms with E-state index in [4.69, 9.17) is 11.6 Å². The highest BCUT2D eigenvalue weighted by Gasteiger charge is 2.18. The van der Waals surface area contributed by atoms with Gasteiger partial charge in [0.25, 0.3) is 0 Å². The Hall–Kier alpha value is -0.840. The van der Waals surface area contributed by atoms with E-state index in [0.717, 1.165) is 10.0 Å². The summed E-state index contributed by atoms with van der Waals surface area (Å²) in [6.07, 6.45) is 0. The molecule has 5 heteroatoms. The molecule has 19 heavy (non-hydrogen) atoms. The molecule has 99 valence electrons. The molecule has 0 aliphatic carbocycles. The second kappa shape index (κ2) is 5.65. The molecule has 2 aromatic rings. The van der Waals surface area contributed by atoms with E-state index in [-0.39, 0.29) is 10.6 Å². The highest BCUT2D eigenvalue weighted by Crippen LogP contribution is 2.31. The lowest BCUT2D eigenvalue weighted by Gasteiger charge is -2.10. The molecule has 2 rings (SSSR count). The van der Waals surface area contributed by atoms with Crippen LogP contribution in [0.15, 0.2) is 45.8 Å². The van der Waals surface area contributed by atoms with Gasteiger partial charge < -0.3 is 0 Å². The summed E-state index contributed by atoms with van der Waals surface area (Å²) in [5.74, 6) is 0.0451. The highest BCUT2D eigenvalue weighted by atomic mass is 79.9. The normalized spacial score (nSPS) is 11.5. The molecular weight excluding hydrogens is 348 g/mol. The van der Waals surface area contributed by atoms with E-state index in [2.05, 4.69) is 22.0 Å². The molecular formula is C14H11BrClO2S. The van der Waals surface area contributed by atoms with Crippen LogP contribution in [0.5, 0.6) is 0 Å². The molecule has 0 saturated carbocycles. The van der Waals surface area contributed by atoms with Crippen LogP contribution < -0.4 is 0 Å². The molecule has 0 bridgehead atoms. The Kier molecular flexibility index (Phi) is 4.33. The van der Waals surface area contributed by atoms with E-state index in [1.54, 1.807) is 13.0 Å². The van der Waals surface area contributed by atoms with Crippen LogP contribution in [-0.2, 0) is 9.84 Å². The van der Waals surface area contributed by atoms with Gasteiger partial charge in [-0.25, -0.2) is 8.42 Å². The topological polar surface area (TPSA) is 34.1 Å². The van der Waals surface area contributed by atoms with E-state index < -0.39 is 9.84 Å². The molecule has 0 amide bonds. The number of hydrogen-bond acceptors (Lipinski definition) is 2. The summed E-state index contributed by atoms with van der Waals surface area (Å²) in [4.78, 5) is 0.262. The Morgan fingerprint density at radius 1 is 1.32 bits per heavy atom. The van der Waals surface area contributed by atoms with Crippen molar-refractivity contribution in [3.8, 4) is 11.1 Å². The third kappa shape index (κ3) is 3.19. The Labute approximate surface area is 126 Å². The summed E-state index contributed by atoms with van der Waals surface area (Å²) in [7, 11) is -3.31. The van der Waals surface area contributed by atoms with Crippen LogP contribution in [0.1, 0.15) is 6.92 Å². The first-order chi connectivity index (χ1) is 8.94. The minimum absolute atomic E-state index is 0.0451. The van der Waals surface area contributed by atoms with E-state index in [9.17, 15) is 8.42 Å². The van der Waals surface area contributed by atoms with Gasteiger partial charge in [-0.15, -0.1) is 0 Å². The summed E-state index contributed by atoms with van der Waals surface area (Å²) >= 11 is 9.32. The van der Waals surface area contributed by atoms with Crippen molar-refractivity contribution in [2.45, 2.75) is 11.8 Å². The number of benzene rings is 2. The van der Waals surface area contributed by atoms with E-state index >= 15 is 0 Å². The lowest BCUT2D eigenvalue weighted by molar-refractivity contribution is 0.597. The maximum absolute atomic E-state index is 12.1.